The van der Waals surface area contributed by atoms with Crippen molar-refractivity contribution in [2.75, 3.05) is 5.43 Å². The van der Waals surface area contributed by atoms with Crippen molar-refractivity contribution in [3.63, 3.8) is 0 Å². The largest absolute Gasteiger partial charge is 0.508 e. The molecule has 8 nitrogen and oxygen atoms in total. The Morgan fingerprint density at radius 1 is 0.917 bits per heavy atom. The number of nitrogens with zero attached hydrogens (tertiary/aromatic N) is 2. The van der Waals surface area contributed by atoms with Gasteiger partial charge >= 0.3 is 0 Å². The van der Waals surface area contributed by atoms with Crippen LogP contribution >= 0.6 is 22.9 Å². The van der Waals surface area contributed by atoms with Crippen LogP contribution < -0.4 is 5.43 Å². The van der Waals surface area contributed by atoms with Crippen molar-refractivity contribution in [3.05, 3.63) is 129 Å². The number of thiophene rings is 1. The predicted octanol–water partition coefficient (Wildman–Crippen LogP) is 6.43. The van der Waals surface area contributed by atoms with Gasteiger partial charge in [0.05, 0.1) is 35.4 Å². The van der Waals surface area contributed by atoms with Crippen molar-refractivity contribution in [1.82, 2.24) is 9.91 Å². The number of imide groups is 2. The van der Waals surface area contributed by atoms with E-state index in [0.717, 1.165) is 15.5 Å². The van der Waals surface area contributed by atoms with Gasteiger partial charge in [-0.05, 0) is 89.9 Å². The Balaban J connectivity index is 1.30. The lowest BCUT2D eigenvalue weighted by molar-refractivity contribution is -0.141. The molecule has 2 N–H and O–H groups in total. The lowest BCUT2D eigenvalue weighted by atomic mass is 9.49. The van der Waals surface area contributed by atoms with Crippen molar-refractivity contribution in [1.29, 1.82) is 0 Å². The smallest absolute Gasteiger partial charge is 0.260 e. The highest BCUT2D eigenvalue weighted by molar-refractivity contribution is 7.09. The normalized spacial score (nSPS) is 27.9. The van der Waals surface area contributed by atoms with E-state index in [4.69, 9.17) is 11.6 Å². The molecule has 4 aliphatic rings. The molecule has 0 radical (unpaired) electrons. The van der Waals surface area contributed by atoms with Gasteiger partial charge in [-0.25, -0.2) is 4.39 Å². The van der Waals surface area contributed by atoms with Crippen LogP contribution in [0.25, 0.3) is 0 Å². The fourth-order valence-corrected chi connectivity index (χ4v) is 9.33. The molecule has 1 aromatic heterocycles. The molecule has 8 rings (SSSR count). The molecule has 2 aliphatic carbocycles. The van der Waals surface area contributed by atoms with Crippen LogP contribution in [0, 0.1) is 29.5 Å². The van der Waals surface area contributed by atoms with Crippen LogP contribution in [0.2, 0.25) is 5.02 Å². The summed E-state index contributed by atoms with van der Waals surface area (Å²) in [6.45, 7) is 0.186. The number of hydrazine groups is 1. The standard InChI is InChI=1S/C37H29ClFN3O5S/c38-22-8-6-21(7-9-22)37-30(34(45)42(36(37)47)40-24-12-10-23(39)11-13-24)18-29-27(32(37)20-3-1-4-25(43)17-20)14-15-28-31(29)35(46)41(33(28)44)19-26-5-2-16-48-26/h1-14,16-17,28-32,40,43H,15,18-19H2/t28-,29+,30-,31-,32-,37+/m0/s1. The maximum absolute atomic E-state index is 15.1. The lowest BCUT2D eigenvalue weighted by Crippen LogP contribution is -2.53. The number of likely N-dealkylation sites (tertiary alicyclic amines) is 1. The number of fused-ring (bicyclic) bond motifs is 4. The minimum Gasteiger partial charge on any atom is -0.508 e. The van der Waals surface area contributed by atoms with Crippen LogP contribution in [-0.4, -0.2) is 38.6 Å². The molecule has 4 amide bonds. The average Bonchev–Trinajstić information content (AvgIpc) is 3.74. The summed E-state index contributed by atoms with van der Waals surface area (Å²) in [5, 5.41) is 14.1. The fraction of sp³-hybridized carbons (Fsp3) is 0.243. The maximum Gasteiger partial charge on any atom is 0.260 e. The first kappa shape index (κ1) is 30.5. The number of amides is 4. The van der Waals surface area contributed by atoms with Crippen LogP contribution in [0.3, 0.4) is 0 Å². The quantitative estimate of drug-likeness (QED) is 0.180. The fourth-order valence-electron chi connectivity index (χ4n) is 8.51. The van der Waals surface area contributed by atoms with Gasteiger partial charge in [-0.2, -0.15) is 5.01 Å². The Hall–Kier alpha value is -4.80. The van der Waals surface area contributed by atoms with Gasteiger partial charge in [0, 0.05) is 15.8 Å². The number of nitrogens with one attached hydrogen (secondary N) is 1. The van der Waals surface area contributed by atoms with Gasteiger partial charge in [0.15, 0.2) is 0 Å². The number of benzene rings is 3. The highest BCUT2D eigenvalue weighted by atomic mass is 35.5. The number of carbonyl (C=O) groups is 4. The van der Waals surface area contributed by atoms with Crippen molar-refractivity contribution in [2.24, 2.45) is 23.7 Å². The van der Waals surface area contributed by atoms with Gasteiger partial charge in [-0.15, -0.1) is 11.3 Å². The molecule has 3 aromatic carbocycles. The highest BCUT2D eigenvalue weighted by Crippen LogP contribution is 2.64. The molecular formula is C37H29ClFN3O5S. The van der Waals surface area contributed by atoms with Crippen molar-refractivity contribution in [3.8, 4) is 5.75 Å². The van der Waals surface area contributed by atoms with Crippen molar-refractivity contribution in [2.45, 2.75) is 30.7 Å². The van der Waals surface area contributed by atoms with Crippen LogP contribution in [0.1, 0.15) is 34.8 Å². The van der Waals surface area contributed by atoms with E-state index < -0.39 is 52.6 Å². The molecule has 3 heterocycles. The summed E-state index contributed by atoms with van der Waals surface area (Å²) >= 11 is 7.80. The number of phenolic OH excluding ortho intramolecular Hbond substituents is 1. The molecule has 2 saturated heterocycles. The van der Waals surface area contributed by atoms with E-state index in [1.54, 1.807) is 36.4 Å². The number of aromatic hydroxyl groups is 1. The maximum atomic E-state index is 15.1. The Morgan fingerprint density at radius 2 is 1.69 bits per heavy atom. The molecule has 0 bridgehead atoms. The first-order valence-corrected chi connectivity index (χ1v) is 17.0. The van der Waals surface area contributed by atoms with Gasteiger partial charge in [0.1, 0.15) is 11.6 Å². The number of allylic oxidation sites excluding steroid dienone is 2. The topological polar surface area (TPSA) is 107 Å². The Labute approximate surface area is 284 Å². The minimum absolute atomic E-state index is 0.0148. The lowest BCUT2D eigenvalue weighted by Gasteiger charge is -2.50. The van der Waals surface area contributed by atoms with Crippen LogP contribution in [0.5, 0.6) is 5.75 Å². The molecule has 3 fully saturated rings. The van der Waals surface area contributed by atoms with Crippen molar-refractivity contribution >= 4 is 52.3 Å². The molecule has 6 atom stereocenters. The summed E-state index contributed by atoms with van der Waals surface area (Å²) in [4.78, 5) is 59.9. The Morgan fingerprint density at radius 3 is 2.40 bits per heavy atom. The van der Waals surface area contributed by atoms with Gasteiger partial charge in [0.25, 0.3) is 11.8 Å². The van der Waals surface area contributed by atoms with Crippen LogP contribution in [0.4, 0.5) is 10.1 Å². The molecule has 11 heteroatoms. The summed E-state index contributed by atoms with van der Waals surface area (Å²) in [7, 11) is 0. The first-order chi connectivity index (χ1) is 23.2. The summed E-state index contributed by atoms with van der Waals surface area (Å²) in [5.41, 5.74) is 3.72. The zero-order valence-electron chi connectivity index (χ0n) is 25.4. The summed E-state index contributed by atoms with van der Waals surface area (Å²) in [6, 6.07) is 22.6. The highest BCUT2D eigenvalue weighted by Gasteiger charge is 2.70. The number of anilines is 1. The average molecular weight is 682 g/mol. The molecule has 4 aromatic rings. The molecule has 2 aliphatic heterocycles. The second-order valence-corrected chi connectivity index (χ2v) is 14.3. The number of phenols is 1. The minimum atomic E-state index is -1.50. The Bertz CT molecular complexity index is 2000. The molecule has 0 spiro atoms. The van der Waals surface area contributed by atoms with E-state index >= 15 is 4.79 Å². The van der Waals surface area contributed by atoms with Gasteiger partial charge in [-0.1, -0.05) is 53.6 Å². The van der Waals surface area contributed by atoms with E-state index in [0.29, 0.717) is 28.3 Å². The van der Waals surface area contributed by atoms with E-state index in [2.05, 4.69) is 5.43 Å². The Kier molecular flexibility index (Phi) is 7.26. The molecule has 242 valence electrons. The monoisotopic (exact) mass is 681 g/mol. The molecule has 48 heavy (non-hydrogen) atoms. The van der Waals surface area contributed by atoms with E-state index in [1.165, 1.54) is 46.6 Å². The SMILES string of the molecule is O=C1[C@H]2[C@H](CC=C3[C@H]2C[C@H]2C(=O)N(Nc4ccc(F)cc4)C(=O)[C@@]2(c2ccc(Cl)cc2)[C@H]3c2cccc(O)c2)C(=O)N1Cc1cccs1. The number of carbonyl (C=O) groups excluding carboxylic acids is 4. The number of hydrogen-bond donors (Lipinski definition) is 2. The van der Waals surface area contributed by atoms with E-state index in [-0.39, 0.29) is 30.5 Å². The van der Waals surface area contributed by atoms with Gasteiger partial charge < -0.3 is 5.11 Å². The van der Waals surface area contributed by atoms with E-state index in [9.17, 15) is 23.9 Å². The summed E-state index contributed by atoms with van der Waals surface area (Å²) < 4.78 is 13.8. The number of halogens is 2. The zero-order chi connectivity index (χ0) is 33.3. The molecule has 0 unspecified atom stereocenters. The van der Waals surface area contributed by atoms with Gasteiger partial charge in [-0.3, -0.25) is 29.5 Å². The van der Waals surface area contributed by atoms with Crippen molar-refractivity contribution < 1.29 is 28.7 Å². The second kappa shape index (κ2) is 11.4. The first-order valence-electron chi connectivity index (χ1n) is 15.7. The van der Waals surface area contributed by atoms with Crippen LogP contribution in [0.15, 0.2) is 102 Å². The van der Waals surface area contributed by atoms with E-state index in [1.807, 2.05) is 29.7 Å². The van der Waals surface area contributed by atoms with Crippen LogP contribution in [-0.2, 0) is 31.1 Å². The summed E-state index contributed by atoms with van der Waals surface area (Å²) in [6.07, 6.45) is 2.42. The predicted molar refractivity (Wildman–Crippen MR) is 177 cm³/mol. The number of rotatable bonds is 6. The molecular weight excluding hydrogens is 653 g/mol. The molecule has 1 saturated carbocycles. The van der Waals surface area contributed by atoms with Gasteiger partial charge in [0.2, 0.25) is 11.8 Å². The third-order valence-corrected chi connectivity index (χ3v) is 11.6. The third kappa shape index (κ3) is 4.53. The summed E-state index contributed by atoms with van der Waals surface area (Å²) in [5.74, 6) is -5.56. The third-order valence-electron chi connectivity index (χ3n) is 10.4. The number of hydrogen-bond acceptors (Lipinski definition) is 7. The zero-order valence-corrected chi connectivity index (χ0v) is 27.0. The second-order valence-electron chi connectivity index (χ2n) is 12.8.